The Bertz CT molecular complexity index is 299. The second-order valence-corrected chi connectivity index (χ2v) is 3.60. The van der Waals surface area contributed by atoms with Crippen LogP contribution in [0.25, 0.3) is 0 Å². The number of hydrogen-bond donors (Lipinski definition) is 1. The molecule has 0 bridgehead atoms. The summed E-state index contributed by atoms with van der Waals surface area (Å²) in [6, 6.07) is 10.5. The fraction of sp³-hybridized carbons (Fsp3) is 0.364. The number of hydrogen-bond acceptors (Lipinski definition) is 2. The van der Waals surface area contributed by atoms with E-state index in [-0.39, 0.29) is 0 Å². The van der Waals surface area contributed by atoms with E-state index >= 15 is 0 Å². The van der Waals surface area contributed by atoms with Gasteiger partial charge in [-0.25, -0.2) is 0 Å². The number of carbonyl (C=O) groups is 1. The van der Waals surface area contributed by atoms with Gasteiger partial charge >= 0.3 is 0 Å². The Balaban J connectivity index is 1.90. The second kappa shape index (κ2) is 4.13. The summed E-state index contributed by atoms with van der Waals surface area (Å²) in [5.41, 5.74) is 1.13. The van der Waals surface area contributed by atoms with Gasteiger partial charge in [-0.2, -0.15) is 0 Å². The molecule has 2 rings (SSSR count). The maximum absolute atomic E-state index is 10.5. The number of benzene rings is 1. The maximum Gasteiger partial charge on any atom is 0.209 e. The molecular formula is C11H14N2O. The SMILES string of the molecule is O=CN1CCC(Nc2ccccc2)C1. The molecule has 0 aromatic heterocycles. The Morgan fingerprint density at radius 1 is 1.36 bits per heavy atom. The van der Waals surface area contributed by atoms with Crippen LogP contribution in [0.1, 0.15) is 6.42 Å². The summed E-state index contributed by atoms with van der Waals surface area (Å²) in [5, 5.41) is 3.40. The predicted octanol–water partition coefficient (Wildman–Crippen LogP) is 1.33. The summed E-state index contributed by atoms with van der Waals surface area (Å²) in [7, 11) is 0. The highest BCUT2D eigenvalue weighted by Gasteiger charge is 2.20. The van der Waals surface area contributed by atoms with Crippen molar-refractivity contribution in [2.24, 2.45) is 0 Å². The Hall–Kier alpha value is -1.51. The van der Waals surface area contributed by atoms with Crippen molar-refractivity contribution < 1.29 is 4.79 Å². The summed E-state index contributed by atoms with van der Waals surface area (Å²) >= 11 is 0. The van der Waals surface area contributed by atoms with Crippen molar-refractivity contribution in [2.75, 3.05) is 18.4 Å². The van der Waals surface area contributed by atoms with E-state index in [2.05, 4.69) is 5.32 Å². The molecule has 74 valence electrons. The lowest BCUT2D eigenvalue weighted by Gasteiger charge is -2.13. The van der Waals surface area contributed by atoms with Crippen LogP contribution < -0.4 is 5.32 Å². The van der Waals surface area contributed by atoms with Gasteiger partial charge in [0.2, 0.25) is 6.41 Å². The van der Waals surface area contributed by atoms with Gasteiger partial charge < -0.3 is 10.2 Å². The predicted molar refractivity (Wildman–Crippen MR) is 56.1 cm³/mol. The van der Waals surface area contributed by atoms with Gasteiger partial charge in [-0.3, -0.25) is 4.79 Å². The van der Waals surface area contributed by atoms with Crippen molar-refractivity contribution in [3.05, 3.63) is 30.3 Å². The lowest BCUT2D eigenvalue weighted by molar-refractivity contribution is -0.117. The van der Waals surface area contributed by atoms with Crippen LogP contribution in [0.15, 0.2) is 30.3 Å². The first-order valence-electron chi connectivity index (χ1n) is 4.89. The van der Waals surface area contributed by atoms with Crippen LogP contribution in [-0.4, -0.2) is 30.4 Å². The topological polar surface area (TPSA) is 32.3 Å². The van der Waals surface area contributed by atoms with Crippen LogP contribution in [-0.2, 0) is 4.79 Å². The van der Waals surface area contributed by atoms with E-state index in [1.54, 1.807) is 4.90 Å². The molecule has 0 spiro atoms. The number of nitrogens with one attached hydrogen (secondary N) is 1. The molecular weight excluding hydrogens is 176 g/mol. The van der Waals surface area contributed by atoms with Crippen molar-refractivity contribution >= 4 is 12.1 Å². The quantitative estimate of drug-likeness (QED) is 0.729. The minimum atomic E-state index is 0.405. The van der Waals surface area contributed by atoms with E-state index < -0.39 is 0 Å². The molecule has 1 amide bonds. The molecule has 3 heteroatoms. The van der Waals surface area contributed by atoms with Crippen molar-refractivity contribution in [1.82, 2.24) is 4.90 Å². The van der Waals surface area contributed by atoms with Gasteiger partial charge in [0.15, 0.2) is 0 Å². The third kappa shape index (κ3) is 2.05. The zero-order valence-corrected chi connectivity index (χ0v) is 8.02. The lowest BCUT2D eigenvalue weighted by Crippen LogP contribution is -2.25. The minimum absolute atomic E-state index is 0.405. The van der Waals surface area contributed by atoms with Crippen LogP contribution in [0.3, 0.4) is 0 Å². The highest BCUT2D eigenvalue weighted by molar-refractivity contribution is 5.49. The van der Waals surface area contributed by atoms with Crippen molar-refractivity contribution in [1.29, 1.82) is 0 Å². The Morgan fingerprint density at radius 2 is 2.14 bits per heavy atom. The Labute approximate surface area is 83.7 Å². The first kappa shape index (κ1) is 9.06. The molecule has 3 nitrogen and oxygen atoms in total. The number of para-hydroxylation sites is 1. The van der Waals surface area contributed by atoms with Crippen LogP contribution in [0.2, 0.25) is 0 Å². The summed E-state index contributed by atoms with van der Waals surface area (Å²) in [6.45, 7) is 1.69. The van der Waals surface area contributed by atoms with Crippen LogP contribution >= 0.6 is 0 Å². The molecule has 0 radical (unpaired) electrons. The van der Waals surface area contributed by atoms with Gasteiger partial charge in [-0.05, 0) is 18.6 Å². The van der Waals surface area contributed by atoms with E-state index in [4.69, 9.17) is 0 Å². The molecule has 1 aromatic carbocycles. The average molecular weight is 190 g/mol. The van der Waals surface area contributed by atoms with E-state index in [0.717, 1.165) is 31.6 Å². The minimum Gasteiger partial charge on any atom is -0.380 e. The van der Waals surface area contributed by atoms with Crippen molar-refractivity contribution in [3.63, 3.8) is 0 Å². The normalized spacial score (nSPS) is 20.9. The lowest BCUT2D eigenvalue weighted by atomic mass is 10.2. The zero-order valence-electron chi connectivity index (χ0n) is 8.02. The molecule has 1 fully saturated rings. The fourth-order valence-electron chi connectivity index (χ4n) is 1.77. The van der Waals surface area contributed by atoms with E-state index in [9.17, 15) is 4.79 Å². The number of nitrogens with zero attached hydrogens (tertiary/aromatic N) is 1. The molecule has 1 atom stereocenters. The summed E-state index contributed by atoms with van der Waals surface area (Å²) in [4.78, 5) is 12.3. The molecule has 14 heavy (non-hydrogen) atoms. The van der Waals surface area contributed by atoms with Gasteiger partial charge in [-0.15, -0.1) is 0 Å². The third-order valence-electron chi connectivity index (χ3n) is 2.51. The molecule has 1 heterocycles. The smallest absolute Gasteiger partial charge is 0.209 e. The van der Waals surface area contributed by atoms with Crippen molar-refractivity contribution in [3.8, 4) is 0 Å². The first-order chi connectivity index (χ1) is 6.88. The molecule has 0 aliphatic carbocycles. The summed E-state index contributed by atoms with van der Waals surface area (Å²) < 4.78 is 0. The largest absolute Gasteiger partial charge is 0.380 e. The van der Waals surface area contributed by atoms with Gasteiger partial charge in [0.05, 0.1) is 0 Å². The van der Waals surface area contributed by atoms with Crippen molar-refractivity contribution in [2.45, 2.75) is 12.5 Å². The van der Waals surface area contributed by atoms with E-state index in [0.29, 0.717) is 6.04 Å². The number of amides is 1. The number of anilines is 1. The standard InChI is InChI=1S/C11H14N2O/c14-9-13-7-6-11(8-13)12-10-4-2-1-3-5-10/h1-5,9,11-12H,6-8H2. The van der Waals surface area contributed by atoms with Crippen LogP contribution in [0, 0.1) is 0 Å². The van der Waals surface area contributed by atoms with Gasteiger partial charge in [0, 0.05) is 24.8 Å². The molecule has 0 saturated carbocycles. The average Bonchev–Trinajstić information content (AvgIpc) is 2.67. The van der Waals surface area contributed by atoms with Gasteiger partial charge in [0.1, 0.15) is 0 Å². The van der Waals surface area contributed by atoms with Crippen LogP contribution in [0.4, 0.5) is 5.69 Å². The van der Waals surface area contributed by atoms with Gasteiger partial charge in [-0.1, -0.05) is 18.2 Å². The maximum atomic E-state index is 10.5. The number of rotatable bonds is 3. The number of likely N-dealkylation sites (tertiary alicyclic amines) is 1. The second-order valence-electron chi connectivity index (χ2n) is 3.60. The Kier molecular flexibility index (Phi) is 2.68. The Morgan fingerprint density at radius 3 is 2.79 bits per heavy atom. The molecule has 1 aliphatic rings. The highest BCUT2D eigenvalue weighted by atomic mass is 16.1. The fourth-order valence-corrected chi connectivity index (χ4v) is 1.77. The molecule has 1 aromatic rings. The molecule has 1 aliphatic heterocycles. The third-order valence-corrected chi connectivity index (χ3v) is 2.51. The first-order valence-corrected chi connectivity index (χ1v) is 4.89. The number of carbonyl (C=O) groups excluding carboxylic acids is 1. The monoisotopic (exact) mass is 190 g/mol. The van der Waals surface area contributed by atoms with Gasteiger partial charge in [0.25, 0.3) is 0 Å². The summed E-state index contributed by atoms with van der Waals surface area (Å²) in [5.74, 6) is 0. The molecule has 1 saturated heterocycles. The molecule has 1 N–H and O–H groups in total. The van der Waals surface area contributed by atoms with E-state index in [1.807, 2.05) is 30.3 Å². The zero-order chi connectivity index (χ0) is 9.80. The van der Waals surface area contributed by atoms with Crippen LogP contribution in [0.5, 0.6) is 0 Å². The summed E-state index contributed by atoms with van der Waals surface area (Å²) in [6.07, 6.45) is 1.96. The highest BCUT2D eigenvalue weighted by Crippen LogP contribution is 2.13. The molecule has 1 unspecified atom stereocenters. The van der Waals surface area contributed by atoms with E-state index in [1.165, 1.54) is 0 Å².